The molecule has 2 aliphatic rings. The first-order chi connectivity index (χ1) is 9.81. The molecule has 1 heterocycles. The second-order valence-electron chi connectivity index (χ2n) is 5.75. The summed E-state index contributed by atoms with van der Waals surface area (Å²) in [7, 11) is 0. The first-order valence-corrected chi connectivity index (χ1v) is 7.57. The Kier molecular flexibility index (Phi) is 5.88. The number of fused-ring (bicyclic) bond motifs is 1. The molecule has 1 aromatic rings. The van der Waals surface area contributed by atoms with Crippen molar-refractivity contribution in [2.75, 3.05) is 18.5 Å². The minimum Gasteiger partial charge on any atom is -0.492 e. The van der Waals surface area contributed by atoms with Crippen molar-refractivity contribution in [3.8, 4) is 5.75 Å². The summed E-state index contributed by atoms with van der Waals surface area (Å²) in [5, 5.41) is 6.32. The third kappa shape index (κ3) is 4.35. The highest BCUT2D eigenvalue weighted by Gasteiger charge is 2.18. The smallest absolute Gasteiger partial charge is 0.224 e. The zero-order valence-corrected chi connectivity index (χ0v) is 13.0. The van der Waals surface area contributed by atoms with Gasteiger partial charge in [0.1, 0.15) is 12.4 Å². The third-order valence-electron chi connectivity index (χ3n) is 4.14. The average molecular weight is 311 g/mol. The van der Waals surface area contributed by atoms with E-state index in [4.69, 9.17) is 4.74 Å². The van der Waals surface area contributed by atoms with Crippen molar-refractivity contribution in [3.05, 3.63) is 23.8 Å². The molecule has 4 nitrogen and oxygen atoms in total. The zero-order chi connectivity index (χ0) is 13.8. The van der Waals surface area contributed by atoms with E-state index in [1.165, 1.54) is 25.7 Å². The number of amides is 1. The van der Waals surface area contributed by atoms with E-state index in [1.54, 1.807) is 0 Å². The van der Waals surface area contributed by atoms with Gasteiger partial charge in [0.2, 0.25) is 5.91 Å². The largest absolute Gasteiger partial charge is 0.492 e. The van der Waals surface area contributed by atoms with Crippen LogP contribution in [0.3, 0.4) is 0 Å². The molecule has 3 rings (SSSR count). The SMILES string of the molecule is Cl.O=C(CC1CCCC1)Nc1ccc2c(c1)CNCCO2. The van der Waals surface area contributed by atoms with Gasteiger partial charge in [-0.15, -0.1) is 12.4 Å². The van der Waals surface area contributed by atoms with Crippen LogP contribution in [0.5, 0.6) is 5.75 Å². The fraction of sp³-hybridized carbons (Fsp3) is 0.562. The second-order valence-corrected chi connectivity index (χ2v) is 5.75. The van der Waals surface area contributed by atoms with Gasteiger partial charge in [-0.25, -0.2) is 0 Å². The fourth-order valence-electron chi connectivity index (χ4n) is 3.08. The van der Waals surface area contributed by atoms with E-state index in [2.05, 4.69) is 10.6 Å². The summed E-state index contributed by atoms with van der Waals surface area (Å²) in [6, 6.07) is 5.89. The molecule has 21 heavy (non-hydrogen) atoms. The van der Waals surface area contributed by atoms with Gasteiger partial charge in [-0.05, 0) is 37.0 Å². The van der Waals surface area contributed by atoms with Gasteiger partial charge in [-0.1, -0.05) is 12.8 Å². The highest BCUT2D eigenvalue weighted by atomic mass is 35.5. The van der Waals surface area contributed by atoms with Crippen molar-refractivity contribution >= 4 is 24.0 Å². The van der Waals surface area contributed by atoms with Crippen LogP contribution in [0.1, 0.15) is 37.7 Å². The summed E-state index contributed by atoms with van der Waals surface area (Å²) >= 11 is 0. The van der Waals surface area contributed by atoms with Crippen LogP contribution in [0, 0.1) is 5.92 Å². The van der Waals surface area contributed by atoms with Crippen LogP contribution < -0.4 is 15.4 Å². The molecule has 1 aliphatic heterocycles. The van der Waals surface area contributed by atoms with Gasteiger partial charge in [0, 0.05) is 30.8 Å². The number of carbonyl (C=O) groups excluding carboxylic acids is 1. The molecule has 0 saturated heterocycles. The van der Waals surface area contributed by atoms with Crippen molar-refractivity contribution in [1.82, 2.24) is 5.32 Å². The summed E-state index contributed by atoms with van der Waals surface area (Å²) < 4.78 is 5.64. The molecule has 1 fully saturated rings. The summed E-state index contributed by atoms with van der Waals surface area (Å²) in [6.45, 7) is 2.35. The maximum absolute atomic E-state index is 12.0. The maximum Gasteiger partial charge on any atom is 0.224 e. The molecule has 0 unspecified atom stereocenters. The lowest BCUT2D eigenvalue weighted by Gasteiger charge is -2.12. The molecule has 2 N–H and O–H groups in total. The van der Waals surface area contributed by atoms with Gasteiger partial charge in [0.15, 0.2) is 0 Å². The predicted octanol–water partition coefficient (Wildman–Crippen LogP) is 3.11. The first-order valence-electron chi connectivity index (χ1n) is 7.57. The number of carbonyl (C=O) groups is 1. The Balaban J connectivity index is 0.00000161. The summed E-state index contributed by atoms with van der Waals surface area (Å²) in [5.41, 5.74) is 1.99. The molecule has 116 valence electrons. The van der Waals surface area contributed by atoms with Crippen LogP contribution in [0.25, 0.3) is 0 Å². The number of rotatable bonds is 3. The van der Waals surface area contributed by atoms with E-state index < -0.39 is 0 Å². The van der Waals surface area contributed by atoms with Crippen LogP contribution in [-0.4, -0.2) is 19.1 Å². The number of halogens is 1. The minimum atomic E-state index is 0. The first kappa shape index (κ1) is 16.1. The zero-order valence-electron chi connectivity index (χ0n) is 12.2. The van der Waals surface area contributed by atoms with E-state index >= 15 is 0 Å². The van der Waals surface area contributed by atoms with Crippen LogP contribution >= 0.6 is 12.4 Å². The van der Waals surface area contributed by atoms with Crippen molar-refractivity contribution in [3.63, 3.8) is 0 Å². The Labute approximate surface area is 132 Å². The minimum absolute atomic E-state index is 0. The number of hydrogen-bond donors (Lipinski definition) is 2. The Hall–Kier alpha value is -1.26. The lowest BCUT2D eigenvalue weighted by Crippen LogP contribution is -2.16. The predicted molar refractivity (Wildman–Crippen MR) is 86.1 cm³/mol. The van der Waals surface area contributed by atoms with E-state index in [0.29, 0.717) is 18.9 Å². The van der Waals surface area contributed by atoms with Gasteiger partial charge in [0.25, 0.3) is 0 Å². The number of benzene rings is 1. The molecular formula is C16H23ClN2O2. The summed E-state index contributed by atoms with van der Waals surface area (Å²) in [6.07, 6.45) is 5.62. The number of ether oxygens (including phenoxy) is 1. The van der Waals surface area contributed by atoms with Crippen molar-refractivity contribution < 1.29 is 9.53 Å². The number of nitrogens with one attached hydrogen (secondary N) is 2. The van der Waals surface area contributed by atoms with Crippen molar-refractivity contribution in [2.24, 2.45) is 5.92 Å². The normalized spacial score (nSPS) is 18.1. The van der Waals surface area contributed by atoms with E-state index in [-0.39, 0.29) is 18.3 Å². The molecule has 5 heteroatoms. The quantitative estimate of drug-likeness (QED) is 0.902. The van der Waals surface area contributed by atoms with Crippen LogP contribution in [-0.2, 0) is 11.3 Å². The third-order valence-corrected chi connectivity index (χ3v) is 4.14. The van der Waals surface area contributed by atoms with Crippen LogP contribution in [0.4, 0.5) is 5.69 Å². The van der Waals surface area contributed by atoms with Gasteiger partial charge in [-0.3, -0.25) is 4.79 Å². The van der Waals surface area contributed by atoms with Crippen molar-refractivity contribution in [2.45, 2.75) is 38.6 Å². The summed E-state index contributed by atoms with van der Waals surface area (Å²) in [5.74, 6) is 1.64. The second kappa shape index (κ2) is 7.66. The Bertz CT molecular complexity index is 487. The molecular weight excluding hydrogens is 288 g/mol. The Morgan fingerprint density at radius 1 is 1.33 bits per heavy atom. The van der Waals surface area contributed by atoms with Gasteiger partial charge in [-0.2, -0.15) is 0 Å². The topological polar surface area (TPSA) is 50.4 Å². The summed E-state index contributed by atoms with van der Waals surface area (Å²) in [4.78, 5) is 12.0. The monoisotopic (exact) mass is 310 g/mol. The van der Waals surface area contributed by atoms with E-state index in [1.807, 2.05) is 18.2 Å². The Morgan fingerprint density at radius 2 is 2.14 bits per heavy atom. The Morgan fingerprint density at radius 3 is 2.95 bits per heavy atom. The number of hydrogen-bond acceptors (Lipinski definition) is 3. The maximum atomic E-state index is 12.0. The highest BCUT2D eigenvalue weighted by molar-refractivity contribution is 5.91. The molecule has 0 spiro atoms. The average Bonchev–Trinajstić information content (AvgIpc) is 2.82. The van der Waals surface area contributed by atoms with Crippen molar-refractivity contribution in [1.29, 1.82) is 0 Å². The van der Waals surface area contributed by atoms with Gasteiger partial charge < -0.3 is 15.4 Å². The molecule has 0 aromatic heterocycles. The molecule has 0 radical (unpaired) electrons. The number of anilines is 1. The van der Waals surface area contributed by atoms with E-state index in [0.717, 1.165) is 30.1 Å². The lowest BCUT2D eigenvalue weighted by molar-refractivity contribution is -0.117. The highest BCUT2D eigenvalue weighted by Crippen LogP contribution is 2.28. The molecule has 0 bridgehead atoms. The molecule has 1 saturated carbocycles. The lowest BCUT2D eigenvalue weighted by atomic mass is 10.0. The molecule has 1 amide bonds. The van der Waals surface area contributed by atoms with Crippen LogP contribution in [0.15, 0.2) is 18.2 Å². The molecule has 0 atom stereocenters. The van der Waals surface area contributed by atoms with Gasteiger partial charge in [0.05, 0.1) is 0 Å². The standard InChI is InChI=1S/C16H22N2O2.ClH/c19-16(9-12-3-1-2-4-12)18-14-5-6-15-13(10-14)11-17-7-8-20-15;/h5-6,10,12,17H,1-4,7-9,11H2,(H,18,19);1H. The van der Waals surface area contributed by atoms with Crippen LogP contribution in [0.2, 0.25) is 0 Å². The van der Waals surface area contributed by atoms with Gasteiger partial charge >= 0.3 is 0 Å². The fourth-order valence-corrected chi connectivity index (χ4v) is 3.08. The van der Waals surface area contributed by atoms with E-state index in [9.17, 15) is 4.79 Å². The molecule has 1 aromatic carbocycles. The molecule has 1 aliphatic carbocycles.